The zero-order valence-corrected chi connectivity index (χ0v) is 35.7. The Morgan fingerprint density at radius 1 is 0.969 bits per heavy atom. The number of nitrogens with zero attached hydrogens (tertiary/aromatic N) is 7. The van der Waals surface area contributed by atoms with Crippen LogP contribution in [0.25, 0.3) is 11.3 Å². The maximum atomic E-state index is 15.3. The highest BCUT2D eigenvalue weighted by atomic mass is 32.2. The van der Waals surface area contributed by atoms with Crippen molar-refractivity contribution in [2.45, 2.75) is 81.6 Å². The van der Waals surface area contributed by atoms with Crippen molar-refractivity contribution in [3.05, 3.63) is 77.5 Å². The number of imide groups is 2. The predicted octanol–water partition coefficient (Wildman–Crippen LogP) is 4.07. The molecule has 0 saturated carbocycles. The number of alkyl halides is 3. The van der Waals surface area contributed by atoms with E-state index in [1.165, 1.54) is 24.7 Å². The molecule has 0 aliphatic carbocycles. The number of aliphatic hydroxyl groups is 1. The molecule has 8 rings (SSSR count). The average molecular weight is 911 g/mol. The molecule has 3 fully saturated rings. The number of piperidine rings is 3. The van der Waals surface area contributed by atoms with Crippen LogP contribution in [-0.4, -0.2) is 118 Å². The predicted molar refractivity (Wildman–Crippen MR) is 222 cm³/mol. The Bertz CT molecular complexity index is 2620. The number of likely N-dealkylation sites (tertiary alicyclic amines) is 1. The lowest BCUT2D eigenvalue weighted by Gasteiger charge is -2.47. The molecule has 4 amide bonds. The molecule has 0 radical (unpaired) electrons. The van der Waals surface area contributed by atoms with E-state index < -0.39 is 68.5 Å². The molecule has 4 aliphatic rings. The molecule has 64 heavy (non-hydrogen) atoms. The fraction of sp³-hybridized carbons (Fsp3) is 0.452. The van der Waals surface area contributed by atoms with Gasteiger partial charge in [-0.2, -0.15) is 18.3 Å². The summed E-state index contributed by atoms with van der Waals surface area (Å²) < 4.78 is 87.2. The van der Waals surface area contributed by atoms with Crippen LogP contribution in [0.1, 0.15) is 78.7 Å². The van der Waals surface area contributed by atoms with Crippen LogP contribution >= 0.6 is 0 Å². The Balaban J connectivity index is 0.834. The third kappa shape index (κ3) is 9.22. The molecule has 4 aliphatic heterocycles. The number of aromatic nitrogens is 4. The Labute approximate surface area is 365 Å². The fourth-order valence-electron chi connectivity index (χ4n) is 8.88. The van der Waals surface area contributed by atoms with Gasteiger partial charge in [0.1, 0.15) is 17.4 Å². The summed E-state index contributed by atoms with van der Waals surface area (Å²) in [7, 11) is -4.15. The number of fused-ring (bicyclic) bond motifs is 1. The summed E-state index contributed by atoms with van der Waals surface area (Å²) in [6.45, 7) is 6.23. The number of sulfonamides is 1. The average Bonchev–Trinajstić information content (AvgIpc) is 3.79. The van der Waals surface area contributed by atoms with Crippen LogP contribution in [0.5, 0.6) is 0 Å². The van der Waals surface area contributed by atoms with E-state index in [0.717, 1.165) is 68.1 Å². The van der Waals surface area contributed by atoms with Crippen LogP contribution in [-0.2, 0) is 32.3 Å². The number of anilines is 3. The van der Waals surface area contributed by atoms with Gasteiger partial charge in [-0.3, -0.25) is 34.1 Å². The van der Waals surface area contributed by atoms with Gasteiger partial charge in [0, 0.05) is 50.6 Å². The third-order valence-electron chi connectivity index (χ3n) is 12.3. The monoisotopic (exact) mass is 910 g/mol. The van der Waals surface area contributed by atoms with Crippen molar-refractivity contribution in [3.63, 3.8) is 0 Å². The molecule has 17 nitrogen and oxygen atoms in total. The fourth-order valence-corrected chi connectivity index (χ4v) is 9.91. The smallest absolute Gasteiger partial charge is 0.389 e. The van der Waals surface area contributed by atoms with Crippen molar-refractivity contribution >= 4 is 51.0 Å². The topological polar surface area (TPSA) is 212 Å². The van der Waals surface area contributed by atoms with Gasteiger partial charge in [-0.05, 0) is 94.8 Å². The van der Waals surface area contributed by atoms with Crippen LogP contribution in [0.15, 0.2) is 59.9 Å². The van der Waals surface area contributed by atoms with E-state index in [-0.39, 0.29) is 64.6 Å². The van der Waals surface area contributed by atoms with Crippen LogP contribution < -0.4 is 20.3 Å². The molecule has 3 saturated heterocycles. The summed E-state index contributed by atoms with van der Waals surface area (Å²) in [5.41, 5.74) is -1.98. The maximum absolute atomic E-state index is 15.3. The first kappa shape index (κ1) is 44.8. The van der Waals surface area contributed by atoms with Crippen molar-refractivity contribution in [2.75, 3.05) is 49.5 Å². The van der Waals surface area contributed by atoms with Gasteiger partial charge in [0.15, 0.2) is 0 Å². The number of hydrogen-bond acceptors (Lipinski definition) is 13. The van der Waals surface area contributed by atoms with E-state index in [1.807, 2.05) is 6.07 Å². The van der Waals surface area contributed by atoms with Crippen LogP contribution in [0.4, 0.5) is 34.9 Å². The van der Waals surface area contributed by atoms with Gasteiger partial charge in [0.25, 0.3) is 11.8 Å². The van der Waals surface area contributed by atoms with Crippen molar-refractivity contribution in [1.29, 1.82) is 0 Å². The van der Waals surface area contributed by atoms with Crippen molar-refractivity contribution < 1.29 is 50.3 Å². The first-order valence-electron chi connectivity index (χ1n) is 20.8. The standard InChI is InChI=1S/C42H46F4N10O7S/c1-40(2,61)24-55-23-25(21-48-55)35-28(42(44,45)46)22-47-39(52-35)50-30-7-6-26(20-29(30)43)64(62,63)49-14-19-53-15-10-41(11-16-53)12-17-54(18-13-41)31-5-3-4-27-34(31)38(60)56(37(27)59)32-8-9-33(57)51-36(32)58/h3-7,20-23,32,49,61H,8-19,24H2,1-2H3,(H,47,50,52)(H,51,57,58). The minimum atomic E-state index is -4.83. The third-order valence-corrected chi connectivity index (χ3v) is 13.8. The number of amides is 4. The number of halogens is 4. The minimum Gasteiger partial charge on any atom is -0.389 e. The number of rotatable bonds is 12. The summed E-state index contributed by atoms with van der Waals surface area (Å²) in [5, 5.41) is 18.9. The van der Waals surface area contributed by atoms with Gasteiger partial charge >= 0.3 is 6.18 Å². The zero-order valence-electron chi connectivity index (χ0n) is 34.9. The number of carbonyl (C=O) groups excluding carboxylic acids is 4. The molecule has 340 valence electrons. The number of carbonyl (C=O) groups is 4. The largest absolute Gasteiger partial charge is 0.419 e. The van der Waals surface area contributed by atoms with E-state index >= 15 is 4.39 Å². The van der Waals surface area contributed by atoms with Gasteiger partial charge in [-0.25, -0.2) is 27.5 Å². The highest BCUT2D eigenvalue weighted by Crippen LogP contribution is 2.44. The molecule has 2 aromatic carbocycles. The van der Waals surface area contributed by atoms with E-state index in [2.05, 4.69) is 40.2 Å². The molecular weight excluding hydrogens is 865 g/mol. The van der Waals surface area contributed by atoms with Crippen LogP contribution in [0.2, 0.25) is 0 Å². The lowest BCUT2D eigenvalue weighted by atomic mass is 9.71. The summed E-state index contributed by atoms with van der Waals surface area (Å²) in [6, 6.07) is 7.15. The van der Waals surface area contributed by atoms with Crippen LogP contribution in [0.3, 0.4) is 0 Å². The first-order valence-corrected chi connectivity index (χ1v) is 22.3. The molecule has 2 aromatic heterocycles. The lowest BCUT2D eigenvalue weighted by molar-refractivity contribution is -0.138. The summed E-state index contributed by atoms with van der Waals surface area (Å²) in [4.78, 5) is 63.9. The molecule has 0 bridgehead atoms. The molecule has 1 unspecified atom stereocenters. The second-order valence-corrected chi connectivity index (χ2v) is 19.1. The molecule has 1 spiro atoms. The zero-order chi connectivity index (χ0) is 45.8. The number of nitrogens with one attached hydrogen (secondary N) is 3. The first-order chi connectivity index (χ1) is 30.2. The molecule has 22 heteroatoms. The number of benzene rings is 2. The van der Waals surface area contributed by atoms with Gasteiger partial charge < -0.3 is 20.2 Å². The molecule has 4 N–H and O–H groups in total. The van der Waals surface area contributed by atoms with E-state index in [1.54, 1.807) is 12.1 Å². The summed E-state index contributed by atoms with van der Waals surface area (Å²) >= 11 is 0. The number of hydrogen-bond donors (Lipinski definition) is 4. The van der Waals surface area contributed by atoms with Gasteiger partial charge in [-0.1, -0.05) is 6.07 Å². The SMILES string of the molecule is CC(C)(O)Cn1cc(-c2nc(Nc3ccc(S(=O)(=O)NCCN4CCC5(CC4)CCN(c4cccc6c4C(=O)N(C4CCC(=O)NC4=O)C6=O)CC5)cc3F)ncc2C(F)(F)F)cn1. The van der Waals surface area contributed by atoms with Crippen molar-refractivity contribution in [3.8, 4) is 11.3 Å². The van der Waals surface area contributed by atoms with Gasteiger partial charge in [0.05, 0.1) is 51.4 Å². The van der Waals surface area contributed by atoms with E-state index in [0.29, 0.717) is 31.5 Å². The van der Waals surface area contributed by atoms with Gasteiger partial charge in [0.2, 0.25) is 27.8 Å². The van der Waals surface area contributed by atoms with Crippen molar-refractivity contribution in [2.24, 2.45) is 5.41 Å². The molecule has 6 heterocycles. The Kier molecular flexibility index (Phi) is 11.8. The second kappa shape index (κ2) is 16.9. The quantitative estimate of drug-likeness (QED) is 0.117. The Morgan fingerprint density at radius 3 is 2.36 bits per heavy atom. The van der Waals surface area contributed by atoms with Gasteiger partial charge in [-0.15, -0.1) is 0 Å². The normalized spacial score (nSPS) is 19.6. The minimum absolute atomic E-state index is 0.00591. The highest BCUT2D eigenvalue weighted by molar-refractivity contribution is 7.89. The lowest BCUT2D eigenvalue weighted by Crippen LogP contribution is -2.54. The van der Waals surface area contributed by atoms with E-state index in [9.17, 15) is 45.9 Å². The summed E-state index contributed by atoms with van der Waals surface area (Å²) in [6.07, 6.45) is 1.71. The Hall–Kier alpha value is -5.84. The summed E-state index contributed by atoms with van der Waals surface area (Å²) in [5.74, 6) is -3.58. The highest BCUT2D eigenvalue weighted by Gasteiger charge is 2.47. The Morgan fingerprint density at radius 2 is 1.69 bits per heavy atom. The second-order valence-electron chi connectivity index (χ2n) is 17.3. The maximum Gasteiger partial charge on any atom is 0.419 e. The molecule has 1 atom stereocenters. The van der Waals surface area contributed by atoms with E-state index in [4.69, 9.17) is 0 Å². The molecule has 4 aromatic rings. The molecular formula is C42H46F4N10O7S. The van der Waals surface area contributed by atoms with Crippen molar-refractivity contribution in [1.82, 2.24) is 39.6 Å². The van der Waals surface area contributed by atoms with Crippen LogP contribution in [0, 0.1) is 11.2 Å².